The molecule has 11 nitrogen and oxygen atoms in total. The Morgan fingerprint density at radius 2 is 1.93 bits per heavy atom. The molecule has 5 heterocycles. The summed E-state index contributed by atoms with van der Waals surface area (Å²) < 4.78 is 8.46. The van der Waals surface area contributed by atoms with Crippen LogP contribution in [0.1, 0.15) is 61.1 Å². The van der Waals surface area contributed by atoms with Crippen molar-refractivity contribution >= 4 is 50.2 Å². The lowest BCUT2D eigenvalue weighted by Gasteiger charge is -2.28. The number of hydrogen-bond acceptors (Lipinski definition) is 8. The van der Waals surface area contributed by atoms with Crippen LogP contribution in [0.3, 0.4) is 0 Å². The number of aryl methyl sites for hydroxylation is 2. The van der Waals surface area contributed by atoms with Crippen molar-refractivity contribution in [1.29, 1.82) is 0 Å². The average molecular weight is 673 g/mol. The van der Waals surface area contributed by atoms with Crippen molar-refractivity contribution in [3.63, 3.8) is 0 Å². The molecule has 1 saturated carbocycles. The number of nitrogens with zero attached hydrogens (tertiary/aromatic N) is 6. The van der Waals surface area contributed by atoms with Crippen LogP contribution in [0.5, 0.6) is 5.75 Å². The van der Waals surface area contributed by atoms with Crippen LogP contribution in [-0.2, 0) is 22.6 Å². The molecule has 7 rings (SSSR count). The quantitative estimate of drug-likeness (QED) is 0.222. The Labute approximate surface area is 268 Å². The van der Waals surface area contributed by atoms with Gasteiger partial charge in [0, 0.05) is 41.9 Å². The number of aromatic nitrogens is 5. The first-order valence-corrected chi connectivity index (χ1v) is 16.0. The molecule has 2 aliphatic heterocycles. The Kier molecular flexibility index (Phi) is 7.03. The molecular weight excluding hydrogens is 638 g/mol. The normalized spacial score (nSPS) is 23.3. The summed E-state index contributed by atoms with van der Waals surface area (Å²) in [5, 5.41) is 8.26. The number of ether oxygens (including phenoxy) is 1. The van der Waals surface area contributed by atoms with Crippen molar-refractivity contribution in [1.82, 2.24) is 29.6 Å². The van der Waals surface area contributed by atoms with Crippen LogP contribution in [-0.4, -0.2) is 65.9 Å². The fourth-order valence-corrected chi connectivity index (χ4v) is 7.58. The van der Waals surface area contributed by atoms with Crippen molar-refractivity contribution in [2.24, 2.45) is 11.3 Å². The predicted octanol–water partition coefficient (Wildman–Crippen LogP) is 5.06. The van der Waals surface area contributed by atoms with Crippen LogP contribution in [0, 0.1) is 25.2 Å². The zero-order chi connectivity index (χ0) is 31.8. The summed E-state index contributed by atoms with van der Waals surface area (Å²) in [6, 6.07) is 4.92. The highest BCUT2D eigenvalue weighted by atomic mass is 79.9. The first-order chi connectivity index (χ1) is 21.5. The Morgan fingerprint density at radius 3 is 2.67 bits per heavy atom. The number of fused-ring (bicyclic) bond motifs is 4. The summed E-state index contributed by atoms with van der Waals surface area (Å²) in [5.74, 6) is 1.30. The molecule has 4 aromatic rings. The first-order valence-electron chi connectivity index (χ1n) is 15.2. The summed E-state index contributed by atoms with van der Waals surface area (Å²) in [5.41, 5.74) is 4.24. The summed E-state index contributed by atoms with van der Waals surface area (Å²) in [7, 11) is 0. The summed E-state index contributed by atoms with van der Waals surface area (Å²) in [6.45, 7) is 9.82. The van der Waals surface area contributed by atoms with E-state index in [1.54, 1.807) is 22.0 Å². The minimum absolute atomic E-state index is 0.0651. The molecule has 45 heavy (non-hydrogen) atoms. The van der Waals surface area contributed by atoms with E-state index in [1.165, 1.54) is 6.92 Å². The lowest BCUT2D eigenvalue weighted by atomic mass is 9.93. The van der Waals surface area contributed by atoms with Gasteiger partial charge in [0.05, 0.1) is 6.61 Å². The van der Waals surface area contributed by atoms with Gasteiger partial charge in [0.2, 0.25) is 11.8 Å². The van der Waals surface area contributed by atoms with E-state index in [0.29, 0.717) is 45.9 Å². The second-order valence-electron chi connectivity index (χ2n) is 12.7. The zero-order valence-corrected chi connectivity index (χ0v) is 27.4. The Morgan fingerprint density at radius 1 is 1.18 bits per heavy atom. The lowest BCUT2D eigenvalue weighted by Crippen LogP contribution is -2.47. The molecule has 2 fully saturated rings. The van der Waals surface area contributed by atoms with Crippen LogP contribution in [0.15, 0.2) is 35.2 Å². The molecule has 0 bridgehead atoms. The lowest BCUT2D eigenvalue weighted by molar-refractivity contribution is -0.138. The third-order valence-corrected chi connectivity index (χ3v) is 10.3. The SMILES string of the molecule is CC(=O)c1nn(CC(=O)N2C3C(C)[C@]3(C)C[C@H]2C(=O)Nc2nc(Br)ccc2C)c2c3c(c(-c4cnc(C)nc4)cc12)CCCO3. The number of halogens is 1. The maximum absolute atomic E-state index is 14.3. The van der Waals surface area contributed by atoms with E-state index < -0.39 is 6.04 Å². The summed E-state index contributed by atoms with van der Waals surface area (Å²) >= 11 is 3.38. The first kappa shape index (κ1) is 29.5. The number of carbonyl (C=O) groups is 3. The van der Waals surface area contributed by atoms with Gasteiger partial charge >= 0.3 is 0 Å². The number of ketones is 1. The highest BCUT2D eigenvalue weighted by molar-refractivity contribution is 9.10. The smallest absolute Gasteiger partial charge is 0.248 e. The van der Waals surface area contributed by atoms with E-state index in [0.717, 1.165) is 35.1 Å². The fourth-order valence-electron chi connectivity index (χ4n) is 7.27. The van der Waals surface area contributed by atoms with E-state index in [1.807, 2.05) is 32.0 Å². The van der Waals surface area contributed by atoms with Gasteiger partial charge in [-0.05, 0) is 83.6 Å². The van der Waals surface area contributed by atoms with Gasteiger partial charge in [-0.15, -0.1) is 0 Å². The van der Waals surface area contributed by atoms with Crippen LogP contribution < -0.4 is 10.1 Å². The number of anilines is 1. The number of nitrogens with one attached hydrogen (secondary N) is 1. The van der Waals surface area contributed by atoms with Crippen molar-refractivity contribution in [2.45, 2.75) is 72.5 Å². The van der Waals surface area contributed by atoms with Gasteiger partial charge in [0.15, 0.2) is 5.78 Å². The van der Waals surface area contributed by atoms with Gasteiger partial charge < -0.3 is 15.0 Å². The number of likely N-dealkylation sites (tertiary alicyclic amines) is 1. The number of pyridine rings is 1. The molecule has 12 heteroatoms. The minimum atomic E-state index is -0.656. The van der Waals surface area contributed by atoms with Gasteiger partial charge in [0.25, 0.3) is 0 Å². The third kappa shape index (κ3) is 4.81. The summed E-state index contributed by atoms with van der Waals surface area (Å²) in [4.78, 5) is 55.8. The summed E-state index contributed by atoms with van der Waals surface area (Å²) in [6.07, 6.45) is 5.70. The minimum Gasteiger partial charge on any atom is -0.491 e. The molecular formula is C33H34BrN7O4. The van der Waals surface area contributed by atoms with E-state index in [9.17, 15) is 14.4 Å². The molecule has 3 aliphatic rings. The maximum Gasteiger partial charge on any atom is 0.248 e. The Balaban J connectivity index is 1.27. The highest BCUT2D eigenvalue weighted by Crippen LogP contribution is 2.64. The molecule has 1 aromatic carbocycles. The predicted molar refractivity (Wildman–Crippen MR) is 171 cm³/mol. The number of rotatable bonds is 6. The number of piperidine rings is 1. The van der Waals surface area contributed by atoms with Crippen molar-refractivity contribution in [2.75, 3.05) is 11.9 Å². The zero-order valence-electron chi connectivity index (χ0n) is 25.8. The van der Waals surface area contributed by atoms with Gasteiger partial charge in [-0.1, -0.05) is 19.9 Å². The largest absolute Gasteiger partial charge is 0.491 e. The molecule has 2 unspecified atom stereocenters. The average Bonchev–Trinajstić information content (AvgIpc) is 3.28. The third-order valence-electron chi connectivity index (χ3n) is 9.86. The van der Waals surface area contributed by atoms with Crippen LogP contribution in [0.25, 0.3) is 22.0 Å². The topological polar surface area (TPSA) is 132 Å². The molecule has 3 aromatic heterocycles. The maximum atomic E-state index is 14.3. The van der Waals surface area contributed by atoms with Crippen LogP contribution in [0.4, 0.5) is 5.82 Å². The van der Waals surface area contributed by atoms with E-state index in [-0.39, 0.29) is 47.2 Å². The van der Waals surface area contributed by atoms with Gasteiger partial charge in [-0.2, -0.15) is 5.10 Å². The number of hydrogen-bond donors (Lipinski definition) is 1. The highest BCUT2D eigenvalue weighted by Gasteiger charge is 2.70. The van der Waals surface area contributed by atoms with Crippen LogP contribution in [0.2, 0.25) is 0 Å². The molecule has 0 radical (unpaired) electrons. The number of amides is 2. The molecule has 1 saturated heterocycles. The van der Waals surface area contributed by atoms with E-state index in [2.05, 4.69) is 55.1 Å². The van der Waals surface area contributed by atoms with Crippen molar-refractivity contribution in [3.05, 3.63) is 57.8 Å². The monoisotopic (exact) mass is 671 g/mol. The molecule has 1 N–H and O–H groups in total. The molecule has 2 amide bonds. The van der Waals surface area contributed by atoms with Gasteiger partial charge in [0.1, 0.15) is 45.8 Å². The molecule has 0 spiro atoms. The molecule has 232 valence electrons. The van der Waals surface area contributed by atoms with E-state index >= 15 is 0 Å². The standard InChI is InChI=1S/C33H34BrN7O4/c1-16-8-9-25(34)37-31(16)38-32(44)24-12-33(5)17(2)30(33)41(24)26(43)15-40-28-23(27(39-40)18(3)42)11-22(20-13-35-19(4)36-14-20)21-7-6-10-45-29(21)28/h8-9,11,13-14,17,24,30H,6-7,10,12,15H2,1-5H3,(H,37,38,44)/t17?,24-,30?,33-/m0/s1. The van der Waals surface area contributed by atoms with Crippen molar-refractivity contribution in [3.8, 4) is 16.9 Å². The van der Waals surface area contributed by atoms with E-state index in [4.69, 9.17) is 4.74 Å². The van der Waals surface area contributed by atoms with Gasteiger partial charge in [-0.25, -0.2) is 15.0 Å². The molecule has 1 aliphatic carbocycles. The van der Waals surface area contributed by atoms with Crippen LogP contribution >= 0.6 is 15.9 Å². The number of benzene rings is 1. The second kappa shape index (κ2) is 10.7. The van der Waals surface area contributed by atoms with Gasteiger partial charge in [-0.3, -0.25) is 19.1 Å². The van der Waals surface area contributed by atoms with Crippen molar-refractivity contribution < 1.29 is 19.1 Å². The fraction of sp³-hybridized carbons (Fsp3) is 0.424. The molecule has 4 atom stereocenters. The number of carbonyl (C=O) groups excluding carboxylic acids is 3. The number of Topliss-reactive ketones (excluding diaryl/α,β-unsaturated/α-hetero) is 1. The Bertz CT molecular complexity index is 1910. The second-order valence-corrected chi connectivity index (χ2v) is 13.5. The Hall–Kier alpha value is -4.19.